The van der Waals surface area contributed by atoms with Crippen molar-refractivity contribution >= 4 is 34.5 Å². The van der Waals surface area contributed by atoms with Crippen LogP contribution in [0.4, 0.5) is 10.6 Å². The first kappa shape index (κ1) is 23.3. The van der Waals surface area contributed by atoms with Gasteiger partial charge in [0.1, 0.15) is 12.1 Å². The van der Waals surface area contributed by atoms with Crippen LogP contribution in [-0.2, 0) is 4.74 Å². The van der Waals surface area contributed by atoms with Crippen molar-refractivity contribution in [2.45, 2.75) is 39.5 Å². The first-order valence-corrected chi connectivity index (χ1v) is 12.1. The summed E-state index contributed by atoms with van der Waals surface area (Å²) in [6.07, 6.45) is 7.62. The van der Waals surface area contributed by atoms with Gasteiger partial charge in [0, 0.05) is 31.2 Å². The minimum absolute atomic E-state index is 0.216. The number of hydrogen-bond donors (Lipinski definition) is 0. The highest BCUT2D eigenvalue weighted by Gasteiger charge is 2.25. The van der Waals surface area contributed by atoms with Crippen LogP contribution in [0.2, 0.25) is 5.02 Å². The zero-order valence-electron chi connectivity index (χ0n) is 19.3. The maximum Gasteiger partial charge on any atom is 0.409 e. The summed E-state index contributed by atoms with van der Waals surface area (Å²) in [6.45, 7) is 7.39. The smallest absolute Gasteiger partial charge is 0.409 e. The summed E-state index contributed by atoms with van der Waals surface area (Å²) in [5, 5.41) is 6.03. The number of rotatable bonds is 8. The van der Waals surface area contributed by atoms with Crippen molar-refractivity contribution in [1.82, 2.24) is 24.6 Å². The number of aromatic nitrogens is 4. The van der Waals surface area contributed by atoms with Gasteiger partial charge in [-0.1, -0.05) is 50.8 Å². The standard InChI is InChI=1S/C24H31ClN6O2/c1-3-5-7-18(4-2)16-33-24(32)30-12-10-29(11-13-30)22-21-15-28-31(23(21)27-17-26-22)20-9-6-8-19(25)14-20/h6,8-9,14-15,17-18H,3-5,7,10-13,16H2,1-2H3. The van der Waals surface area contributed by atoms with Gasteiger partial charge < -0.3 is 14.5 Å². The number of anilines is 1. The van der Waals surface area contributed by atoms with Crippen LogP contribution in [0.5, 0.6) is 0 Å². The molecule has 1 fully saturated rings. The van der Waals surface area contributed by atoms with Crippen LogP contribution in [0.25, 0.3) is 16.7 Å². The number of unbranched alkanes of at least 4 members (excludes halogenated alkanes) is 1. The summed E-state index contributed by atoms with van der Waals surface area (Å²) < 4.78 is 7.39. The third-order valence-electron chi connectivity index (χ3n) is 6.22. The van der Waals surface area contributed by atoms with Crippen molar-refractivity contribution in [2.75, 3.05) is 37.7 Å². The Hall–Kier alpha value is -2.87. The molecular formula is C24H31ClN6O2. The second-order valence-corrected chi connectivity index (χ2v) is 8.87. The monoisotopic (exact) mass is 470 g/mol. The van der Waals surface area contributed by atoms with Crippen LogP contribution in [0.1, 0.15) is 39.5 Å². The average molecular weight is 471 g/mol. The van der Waals surface area contributed by atoms with Crippen molar-refractivity contribution in [3.8, 4) is 5.69 Å². The second kappa shape index (κ2) is 10.8. The average Bonchev–Trinajstić information content (AvgIpc) is 3.28. The van der Waals surface area contributed by atoms with E-state index in [2.05, 4.69) is 33.8 Å². The Morgan fingerprint density at radius 2 is 2.00 bits per heavy atom. The van der Waals surface area contributed by atoms with Crippen LogP contribution in [-0.4, -0.2) is 63.5 Å². The number of piperazine rings is 1. The fourth-order valence-corrected chi connectivity index (χ4v) is 4.34. The molecule has 3 aromatic rings. The number of hydrogen-bond acceptors (Lipinski definition) is 6. The topological polar surface area (TPSA) is 76.4 Å². The van der Waals surface area contributed by atoms with E-state index in [0.29, 0.717) is 43.7 Å². The van der Waals surface area contributed by atoms with Gasteiger partial charge in [-0.3, -0.25) is 0 Å². The number of benzene rings is 1. The quantitative estimate of drug-likeness (QED) is 0.464. The fourth-order valence-electron chi connectivity index (χ4n) is 4.16. The van der Waals surface area contributed by atoms with E-state index in [9.17, 15) is 4.79 Å². The largest absolute Gasteiger partial charge is 0.449 e. The molecule has 9 heteroatoms. The van der Waals surface area contributed by atoms with Gasteiger partial charge in [-0.25, -0.2) is 19.4 Å². The Morgan fingerprint density at radius 3 is 2.73 bits per heavy atom. The molecule has 2 aromatic heterocycles. The molecule has 0 radical (unpaired) electrons. The molecule has 0 bridgehead atoms. The summed E-state index contributed by atoms with van der Waals surface area (Å²) in [6, 6.07) is 7.51. The fraction of sp³-hybridized carbons (Fsp3) is 0.500. The molecule has 1 atom stereocenters. The number of amides is 1. The lowest BCUT2D eigenvalue weighted by molar-refractivity contribution is 0.0830. The lowest BCUT2D eigenvalue weighted by atomic mass is 10.0. The lowest BCUT2D eigenvalue weighted by Crippen LogP contribution is -2.49. The van der Waals surface area contributed by atoms with E-state index in [-0.39, 0.29) is 6.09 Å². The predicted molar refractivity (Wildman–Crippen MR) is 130 cm³/mol. The molecular weight excluding hydrogens is 440 g/mol. The molecule has 3 heterocycles. The van der Waals surface area contributed by atoms with E-state index in [0.717, 1.165) is 35.4 Å². The molecule has 1 unspecified atom stereocenters. The second-order valence-electron chi connectivity index (χ2n) is 8.44. The molecule has 8 nitrogen and oxygen atoms in total. The highest BCUT2D eigenvalue weighted by atomic mass is 35.5. The van der Waals surface area contributed by atoms with Gasteiger partial charge in [0.15, 0.2) is 5.65 Å². The highest BCUT2D eigenvalue weighted by Crippen LogP contribution is 2.26. The first-order valence-electron chi connectivity index (χ1n) is 11.7. The van der Waals surface area contributed by atoms with Crippen LogP contribution in [0.3, 0.4) is 0 Å². The molecule has 1 aromatic carbocycles. The number of halogens is 1. The SMILES string of the molecule is CCCCC(CC)COC(=O)N1CCN(c2ncnc3c2cnn3-c2cccc(Cl)c2)CC1. The summed E-state index contributed by atoms with van der Waals surface area (Å²) in [5.41, 5.74) is 1.57. The maximum atomic E-state index is 12.6. The van der Waals surface area contributed by atoms with Crippen LogP contribution in [0.15, 0.2) is 36.8 Å². The van der Waals surface area contributed by atoms with E-state index >= 15 is 0 Å². The van der Waals surface area contributed by atoms with E-state index in [1.165, 1.54) is 12.8 Å². The van der Waals surface area contributed by atoms with Gasteiger partial charge in [0.2, 0.25) is 0 Å². The van der Waals surface area contributed by atoms with E-state index < -0.39 is 0 Å². The zero-order chi connectivity index (χ0) is 23.2. The molecule has 0 aliphatic carbocycles. The summed E-state index contributed by atoms with van der Waals surface area (Å²) in [7, 11) is 0. The Morgan fingerprint density at radius 1 is 1.18 bits per heavy atom. The summed E-state index contributed by atoms with van der Waals surface area (Å²) in [5.74, 6) is 1.27. The number of nitrogens with zero attached hydrogens (tertiary/aromatic N) is 6. The lowest BCUT2D eigenvalue weighted by Gasteiger charge is -2.35. The zero-order valence-corrected chi connectivity index (χ0v) is 20.0. The number of fused-ring (bicyclic) bond motifs is 1. The predicted octanol–water partition coefficient (Wildman–Crippen LogP) is 4.94. The van der Waals surface area contributed by atoms with Crippen molar-refractivity contribution in [1.29, 1.82) is 0 Å². The number of ether oxygens (including phenoxy) is 1. The van der Waals surface area contributed by atoms with Gasteiger partial charge in [-0.15, -0.1) is 0 Å². The van der Waals surface area contributed by atoms with Gasteiger partial charge in [-0.05, 0) is 30.5 Å². The van der Waals surface area contributed by atoms with E-state index in [1.807, 2.05) is 24.3 Å². The molecule has 1 aliphatic heterocycles. The number of carbonyl (C=O) groups excluding carboxylic acids is 1. The Bertz CT molecular complexity index is 1080. The molecule has 1 aliphatic rings. The van der Waals surface area contributed by atoms with Gasteiger partial charge in [-0.2, -0.15) is 5.10 Å². The summed E-state index contributed by atoms with van der Waals surface area (Å²) >= 11 is 6.15. The molecule has 0 N–H and O–H groups in total. The molecule has 1 amide bonds. The molecule has 176 valence electrons. The molecule has 4 rings (SSSR count). The van der Waals surface area contributed by atoms with Crippen LogP contribution in [0, 0.1) is 5.92 Å². The van der Waals surface area contributed by atoms with Gasteiger partial charge >= 0.3 is 6.09 Å². The van der Waals surface area contributed by atoms with Crippen molar-refractivity contribution in [3.63, 3.8) is 0 Å². The molecule has 33 heavy (non-hydrogen) atoms. The van der Waals surface area contributed by atoms with Gasteiger partial charge in [0.25, 0.3) is 0 Å². The maximum absolute atomic E-state index is 12.6. The Labute approximate surface area is 199 Å². The van der Waals surface area contributed by atoms with E-state index in [4.69, 9.17) is 16.3 Å². The van der Waals surface area contributed by atoms with Crippen LogP contribution >= 0.6 is 11.6 Å². The minimum atomic E-state index is -0.216. The first-order chi connectivity index (χ1) is 16.1. The molecule has 1 saturated heterocycles. The van der Waals surface area contributed by atoms with Crippen molar-refractivity contribution < 1.29 is 9.53 Å². The van der Waals surface area contributed by atoms with E-state index in [1.54, 1.807) is 22.1 Å². The minimum Gasteiger partial charge on any atom is -0.449 e. The van der Waals surface area contributed by atoms with Crippen LogP contribution < -0.4 is 4.90 Å². The third kappa shape index (κ3) is 5.38. The van der Waals surface area contributed by atoms with Crippen molar-refractivity contribution in [2.24, 2.45) is 5.92 Å². The number of carbonyl (C=O) groups is 1. The summed E-state index contributed by atoms with van der Waals surface area (Å²) in [4.78, 5) is 25.5. The van der Waals surface area contributed by atoms with Crippen molar-refractivity contribution in [3.05, 3.63) is 41.8 Å². The van der Waals surface area contributed by atoms with Gasteiger partial charge in [0.05, 0.1) is 23.9 Å². The normalized spacial score (nSPS) is 15.1. The highest BCUT2D eigenvalue weighted by molar-refractivity contribution is 6.30. The molecule has 0 saturated carbocycles. The third-order valence-corrected chi connectivity index (χ3v) is 6.46. The Balaban J connectivity index is 1.40. The molecule has 0 spiro atoms. The Kier molecular flexibility index (Phi) is 7.65.